The average Bonchev–Trinajstić information content (AvgIpc) is 2.53. The van der Waals surface area contributed by atoms with Crippen LogP contribution in [0.2, 0.25) is 0 Å². The smallest absolute Gasteiger partial charge is 0.321 e. The molecule has 0 heterocycles. The SMILES string of the molecule is CCN(CC)CCN[C@H](CC(=O)Nc1ccc(F)cc1F)C(=O)O. The summed E-state index contributed by atoms with van der Waals surface area (Å²) in [6.07, 6.45) is -0.357. The number of nitrogens with zero attached hydrogens (tertiary/aromatic N) is 1. The first-order chi connectivity index (χ1) is 11.4. The van der Waals surface area contributed by atoms with Gasteiger partial charge in [0.1, 0.15) is 17.7 Å². The van der Waals surface area contributed by atoms with E-state index in [4.69, 9.17) is 0 Å². The van der Waals surface area contributed by atoms with Crippen LogP contribution >= 0.6 is 0 Å². The van der Waals surface area contributed by atoms with Gasteiger partial charge in [0.2, 0.25) is 5.91 Å². The maximum Gasteiger partial charge on any atom is 0.321 e. The highest BCUT2D eigenvalue weighted by molar-refractivity contribution is 5.94. The van der Waals surface area contributed by atoms with E-state index in [0.29, 0.717) is 19.2 Å². The minimum Gasteiger partial charge on any atom is -0.480 e. The summed E-state index contributed by atoms with van der Waals surface area (Å²) < 4.78 is 26.3. The van der Waals surface area contributed by atoms with E-state index < -0.39 is 29.6 Å². The number of anilines is 1. The summed E-state index contributed by atoms with van der Waals surface area (Å²) in [6, 6.07) is 1.66. The normalized spacial score (nSPS) is 12.2. The van der Waals surface area contributed by atoms with Gasteiger partial charge in [-0.2, -0.15) is 0 Å². The molecule has 0 saturated heterocycles. The topological polar surface area (TPSA) is 81.7 Å². The third-order valence-corrected chi connectivity index (χ3v) is 3.61. The summed E-state index contributed by atoms with van der Waals surface area (Å²) >= 11 is 0. The number of carboxylic acid groups (broad SMARTS) is 1. The molecule has 6 nitrogen and oxygen atoms in total. The van der Waals surface area contributed by atoms with E-state index in [2.05, 4.69) is 15.5 Å². The van der Waals surface area contributed by atoms with Gasteiger partial charge in [0.05, 0.1) is 12.1 Å². The van der Waals surface area contributed by atoms with E-state index in [9.17, 15) is 23.5 Å². The van der Waals surface area contributed by atoms with Gasteiger partial charge in [0.15, 0.2) is 0 Å². The van der Waals surface area contributed by atoms with Crippen molar-refractivity contribution in [1.82, 2.24) is 10.2 Å². The van der Waals surface area contributed by atoms with E-state index in [1.807, 2.05) is 13.8 Å². The van der Waals surface area contributed by atoms with Gasteiger partial charge in [-0.25, -0.2) is 8.78 Å². The average molecular weight is 343 g/mol. The fourth-order valence-corrected chi connectivity index (χ4v) is 2.16. The fraction of sp³-hybridized carbons (Fsp3) is 0.500. The summed E-state index contributed by atoms with van der Waals surface area (Å²) in [6.45, 7) is 6.77. The Morgan fingerprint density at radius 3 is 2.46 bits per heavy atom. The number of aliphatic carboxylic acids is 1. The maximum atomic E-state index is 13.5. The summed E-state index contributed by atoms with van der Waals surface area (Å²) in [7, 11) is 0. The van der Waals surface area contributed by atoms with Crippen molar-refractivity contribution >= 4 is 17.6 Å². The van der Waals surface area contributed by atoms with E-state index in [1.54, 1.807) is 0 Å². The fourth-order valence-electron chi connectivity index (χ4n) is 2.16. The molecule has 1 rings (SSSR count). The van der Waals surface area contributed by atoms with Crippen LogP contribution in [-0.2, 0) is 9.59 Å². The molecule has 1 aromatic rings. The van der Waals surface area contributed by atoms with Gasteiger partial charge in [-0.15, -0.1) is 0 Å². The zero-order valence-electron chi connectivity index (χ0n) is 13.8. The largest absolute Gasteiger partial charge is 0.480 e. The molecule has 8 heteroatoms. The lowest BCUT2D eigenvalue weighted by molar-refractivity contribution is -0.141. The van der Waals surface area contributed by atoms with Crippen molar-refractivity contribution in [3.05, 3.63) is 29.8 Å². The number of nitrogens with one attached hydrogen (secondary N) is 2. The molecule has 3 N–H and O–H groups in total. The zero-order valence-corrected chi connectivity index (χ0v) is 13.8. The van der Waals surface area contributed by atoms with Crippen LogP contribution in [0.1, 0.15) is 20.3 Å². The highest BCUT2D eigenvalue weighted by Crippen LogP contribution is 2.15. The standard InChI is InChI=1S/C16H23F2N3O3/c1-3-21(4-2)8-7-19-14(16(23)24)10-15(22)20-13-6-5-11(17)9-12(13)18/h5-6,9,14,19H,3-4,7-8,10H2,1-2H3,(H,20,22)(H,23,24)/t14-/m1/s1. The molecule has 0 bridgehead atoms. The van der Waals surface area contributed by atoms with Crippen LogP contribution in [0.3, 0.4) is 0 Å². The highest BCUT2D eigenvalue weighted by Gasteiger charge is 2.21. The van der Waals surface area contributed by atoms with Gasteiger partial charge in [-0.05, 0) is 25.2 Å². The van der Waals surface area contributed by atoms with Crippen molar-refractivity contribution in [3.63, 3.8) is 0 Å². The van der Waals surface area contributed by atoms with Crippen LogP contribution in [0.25, 0.3) is 0 Å². The molecule has 1 atom stereocenters. The third kappa shape index (κ3) is 6.59. The lowest BCUT2D eigenvalue weighted by atomic mass is 10.2. The van der Waals surface area contributed by atoms with Gasteiger partial charge in [0.25, 0.3) is 0 Å². The van der Waals surface area contributed by atoms with Gasteiger partial charge in [0, 0.05) is 19.2 Å². The quantitative estimate of drug-likeness (QED) is 0.602. The summed E-state index contributed by atoms with van der Waals surface area (Å²) in [5.74, 6) is -3.50. The van der Waals surface area contributed by atoms with Gasteiger partial charge in [-0.1, -0.05) is 13.8 Å². The first kappa shape index (κ1) is 20.0. The van der Waals surface area contributed by atoms with Crippen molar-refractivity contribution in [2.24, 2.45) is 0 Å². The van der Waals surface area contributed by atoms with Crippen LogP contribution in [0.15, 0.2) is 18.2 Å². The number of carbonyl (C=O) groups is 2. The molecule has 0 unspecified atom stereocenters. The Morgan fingerprint density at radius 2 is 1.92 bits per heavy atom. The van der Waals surface area contributed by atoms with E-state index >= 15 is 0 Å². The minimum absolute atomic E-state index is 0.186. The van der Waals surface area contributed by atoms with Crippen molar-refractivity contribution < 1.29 is 23.5 Å². The Balaban J connectivity index is 2.55. The van der Waals surface area contributed by atoms with Crippen molar-refractivity contribution in [1.29, 1.82) is 0 Å². The lowest BCUT2D eigenvalue weighted by Crippen LogP contribution is -2.43. The maximum absolute atomic E-state index is 13.5. The minimum atomic E-state index is -1.16. The van der Waals surface area contributed by atoms with E-state index in [-0.39, 0.29) is 12.1 Å². The molecule has 1 aromatic carbocycles. The lowest BCUT2D eigenvalue weighted by Gasteiger charge is -2.20. The second-order valence-electron chi connectivity index (χ2n) is 5.25. The molecule has 0 radical (unpaired) electrons. The molecular formula is C16H23F2N3O3. The second kappa shape index (κ2) is 9.94. The molecule has 134 valence electrons. The molecule has 0 aromatic heterocycles. The summed E-state index contributed by atoms with van der Waals surface area (Å²) in [4.78, 5) is 25.2. The molecule has 0 aliphatic carbocycles. The number of likely N-dealkylation sites (N-methyl/N-ethyl adjacent to an activating group) is 1. The Hall–Kier alpha value is -2.06. The van der Waals surface area contributed by atoms with E-state index in [0.717, 1.165) is 25.2 Å². The number of amides is 1. The predicted octanol–water partition coefficient (Wildman–Crippen LogP) is 1.68. The monoisotopic (exact) mass is 343 g/mol. The molecule has 0 aliphatic rings. The number of carbonyl (C=O) groups excluding carboxylic acids is 1. The molecule has 0 saturated carbocycles. The van der Waals surface area contributed by atoms with Crippen LogP contribution in [0.5, 0.6) is 0 Å². The molecule has 1 amide bonds. The van der Waals surface area contributed by atoms with Crippen LogP contribution < -0.4 is 10.6 Å². The van der Waals surface area contributed by atoms with Crippen molar-refractivity contribution in [2.75, 3.05) is 31.5 Å². The highest BCUT2D eigenvalue weighted by atomic mass is 19.1. The van der Waals surface area contributed by atoms with Gasteiger partial charge >= 0.3 is 5.97 Å². The summed E-state index contributed by atoms with van der Waals surface area (Å²) in [5.41, 5.74) is -0.186. The molecular weight excluding hydrogens is 320 g/mol. The Morgan fingerprint density at radius 1 is 1.25 bits per heavy atom. The number of halogens is 2. The molecule has 0 fully saturated rings. The van der Waals surface area contributed by atoms with Crippen molar-refractivity contribution in [3.8, 4) is 0 Å². The molecule has 0 aliphatic heterocycles. The zero-order chi connectivity index (χ0) is 18.1. The first-order valence-electron chi connectivity index (χ1n) is 7.80. The van der Waals surface area contributed by atoms with Crippen LogP contribution in [0.4, 0.5) is 14.5 Å². The number of carboxylic acids is 1. The second-order valence-corrected chi connectivity index (χ2v) is 5.25. The van der Waals surface area contributed by atoms with Crippen molar-refractivity contribution in [2.45, 2.75) is 26.3 Å². The number of rotatable bonds is 10. The van der Waals surface area contributed by atoms with E-state index in [1.165, 1.54) is 0 Å². The van der Waals surface area contributed by atoms with Gasteiger partial charge in [-0.3, -0.25) is 9.59 Å². The Labute approximate surface area is 139 Å². The Kier molecular flexibility index (Phi) is 8.28. The number of benzene rings is 1. The van der Waals surface area contributed by atoms with Gasteiger partial charge < -0.3 is 20.6 Å². The number of hydrogen-bond acceptors (Lipinski definition) is 4. The Bertz CT molecular complexity index is 565. The van der Waals surface area contributed by atoms with Crippen LogP contribution in [-0.4, -0.2) is 54.1 Å². The molecule has 0 spiro atoms. The third-order valence-electron chi connectivity index (χ3n) is 3.61. The summed E-state index contributed by atoms with van der Waals surface area (Å²) in [5, 5.41) is 14.2. The van der Waals surface area contributed by atoms with Crippen LogP contribution in [0, 0.1) is 11.6 Å². The molecule has 24 heavy (non-hydrogen) atoms. The first-order valence-corrected chi connectivity index (χ1v) is 7.80. The predicted molar refractivity (Wildman–Crippen MR) is 86.8 cm³/mol. The number of hydrogen-bond donors (Lipinski definition) is 3.